The molecule has 1 aliphatic rings. The van der Waals surface area contributed by atoms with Crippen LogP contribution in [0.3, 0.4) is 0 Å². The van der Waals surface area contributed by atoms with Gasteiger partial charge in [0.05, 0.1) is 32.9 Å². The Kier molecular flexibility index (Phi) is 9.60. The van der Waals surface area contributed by atoms with Crippen LogP contribution >= 0.6 is 15.2 Å². The molecule has 5 atom stereocenters. The summed E-state index contributed by atoms with van der Waals surface area (Å²) in [6.07, 6.45) is -4.80. The van der Waals surface area contributed by atoms with Crippen molar-refractivity contribution < 1.29 is 62.2 Å². The summed E-state index contributed by atoms with van der Waals surface area (Å²) in [4.78, 5) is 57.1. The van der Waals surface area contributed by atoms with Gasteiger partial charge in [-0.1, -0.05) is 12.1 Å². The van der Waals surface area contributed by atoms with Gasteiger partial charge in [0.15, 0.2) is 5.90 Å². The van der Waals surface area contributed by atoms with Gasteiger partial charge in [0, 0.05) is 6.07 Å². The molecule has 0 amide bonds. The summed E-state index contributed by atoms with van der Waals surface area (Å²) in [5.41, 5.74) is 3.03. The molecule has 210 valence electrons. The first-order valence-corrected chi connectivity index (χ1v) is 14.5. The summed E-state index contributed by atoms with van der Waals surface area (Å²) in [6, 6.07) is 7.90. The highest BCUT2D eigenvalue weighted by Gasteiger charge is 2.48. The topological polar surface area (TPSA) is 227 Å². The number of esters is 1. The molecule has 16 nitrogen and oxygen atoms in total. The molecule has 0 radical (unpaired) electrons. The maximum Gasteiger partial charge on any atom is 0.501 e. The highest BCUT2D eigenvalue weighted by atomic mass is 31.2. The fourth-order valence-electron chi connectivity index (χ4n) is 3.51. The van der Waals surface area contributed by atoms with Gasteiger partial charge in [-0.15, -0.1) is 0 Å². The number of nitrogens with zero attached hydrogens (tertiary/aromatic N) is 2. The zero-order valence-corrected chi connectivity index (χ0v) is 22.0. The Hall–Kier alpha value is -2.49. The minimum Gasteiger partial charge on any atom is -0.465 e. The molecule has 18 heteroatoms. The van der Waals surface area contributed by atoms with Crippen molar-refractivity contribution in [3.05, 3.63) is 58.1 Å². The van der Waals surface area contributed by atoms with E-state index in [1.165, 1.54) is 26.4 Å². The van der Waals surface area contributed by atoms with Gasteiger partial charge in [0.2, 0.25) is 12.0 Å². The molecule has 1 aromatic carbocycles. The first-order valence-electron chi connectivity index (χ1n) is 10.9. The number of ether oxygens (including phenoxy) is 2. The van der Waals surface area contributed by atoms with Crippen molar-refractivity contribution in [1.82, 2.24) is 4.57 Å². The van der Waals surface area contributed by atoms with Crippen LogP contribution in [0.15, 0.2) is 41.3 Å². The molecule has 0 saturated carbocycles. The normalized spacial score (nSPS) is 23.1. The largest absolute Gasteiger partial charge is 0.501 e. The Morgan fingerprint density at radius 1 is 1.13 bits per heavy atom. The van der Waals surface area contributed by atoms with Crippen molar-refractivity contribution in [2.45, 2.75) is 31.1 Å². The lowest BCUT2D eigenvalue weighted by atomic mass is 10.1. The van der Waals surface area contributed by atoms with Gasteiger partial charge < -0.3 is 38.9 Å². The first-order chi connectivity index (χ1) is 17.7. The summed E-state index contributed by atoms with van der Waals surface area (Å²) >= 11 is 0. The van der Waals surface area contributed by atoms with Gasteiger partial charge in [0.1, 0.15) is 24.5 Å². The molecule has 1 aliphatic heterocycles. The van der Waals surface area contributed by atoms with E-state index in [9.17, 15) is 33.8 Å². The molecule has 0 aliphatic carbocycles. The van der Waals surface area contributed by atoms with Crippen LogP contribution in [0.2, 0.25) is 0 Å². The highest BCUT2D eigenvalue weighted by Crippen LogP contribution is 2.55. The third-order valence-electron chi connectivity index (χ3n) is 5.47. The SMILES string of the molecule is COC(=O)c1ccc(CONc2cc[n+]([C@@H]3O[C@H](COP(=O)(O)CP(=O)(O)O)[C@@H](O)[C@H]3O)c(=O)n2C)cc1. The number of aliphatic hydroxyl groups is 2. The number of methoxy groups -OCH3 is 1. The van der Waals surface area contributed by atoms with Gasteiger partial charge in [-0.05, 0) is 17.7 Å². The van der Waals surface area contributed by atoms with Crippen LogP contribution in [0.1, 0.15) is 22.1 Å². The first kappa shape index (κ1) is 30.1. The summed E-state index contributed by atoms with van der Waals surface area (Å²) < 4.78 is 39.7. The van der Waals surface area contributed by atoms with E-state index >= 15 is 0 Å². The molecule has 1 unspecified atom stereocenters. The minimum absolute atomic E-state index is 0.0829. The van der Waals surface area contributed by atoms with Crippen molar-refractivity contribution in [2.24, 2.45) is 7.05 Å². The maximum absolute atomic E-state index is 12.9. The summed E-state index contributed by atoms with van der Waals surface area (Å²) in [7, 11) is -6.90. The highest BCUT2D eigenvalue weighted by molar-refractivity contribution is 7.70. The summed E-state index contributed by atoms with van der Waals surface area (Å²) in [5, 5.41) is 20.7. The zero-order chi connectivity index (χ0) is 28.3. The van der Waals surface area contributed by atoms with E-state index in [0.717, 1.165) is 14.7 Å². The molecule has 0 bridgehead atoms. The van der Waals surface area contributed by atoms with Crippen LogP contribution in [0.5, 0.6) is 0 Å². The summed E-state index contributed by atoms with van der Waals surface area (Å²) in [6.45, 7) is -0.697. The number of aliphatic hydroxyl groups excluding tert-OH is 2. The molecular weight excluding hydrogens is 552 g/mol. The van der Waals surface area contributed by atoms with E-state index in [2.05, 4.69) is 14.7 Å². The van der Waals surface area contributed by atoms with E-state index in [4.69, 9.17) is 19.4 Å². The van der Waals surface area contributed by atoms with Gasteiger partial charge in [-0.3, -0.25) is 14.0 Å². The lowest BCUT2D eigenvalue weighted by Crippen LogP contribution is -2.59. The molecule has 1 fully saturated rings. The van der Waals surface area contributed by atoms with E-state index in [1.807, 2.05) is 0 Å². The van der Waals surface area contributed by atoms with Crippen LogP contribution in [-0.4, -0.2) is 73.4 Å². The standard InChI is InChI=1S/C20H27N3O13P2/c1-22-15(21-34-9-12-3-5-13(6-4-12)19(26)33-2)7-8-23(20(22)27)18-17(25)16(24)14(36-18)10-35-38(31,32)11-37(28,29)30/h3-8,14,16-18,24-25H,9-11H2,1-2H3,(H3,28,29,30,31,32)/p+1/t14-,16-,17-,18-/m1/s1. The van der Waals surface area contributed by atoms with Crippen LogP contribution in [0, 0.1) is 0 Å². The average Bonchev–Trinajstić information content (AvgIpc) is 3.12. The fourth-order valence-corrected chi connectivity index (χ4v) is 6.08. The smallest absolute Gasteiger partial charge is 0.465 e. The Morgan fingerprint density at radius 2 is 1.79 bits per heavy atom. The number of hydrogen-bond donors (Lipinski definition) is 6. The number of aromatic nitrogens is 2. The van der Waals surface area contributed by atoms with Crippen LogP contribution < -0.4 is 15.7 Å². The predicted molar refractivity (Wildman–Crippen MR) is 127 cm³/mol. The zero-order valence-electron chi connectivity index (χ0n) is 20.2. The molecule has 38 heavy (non-hydrogen) atoms. The van der Waals surface area contributed by atoms with Crippen molar-refractivity contribution >= 4 is 27.0 Å². The second-order valence-electron chi connectivity index (χ2n) is 8.31. The van der Waals surface area contributed by atoms with Gasteiger partial charge in [-0.2, -0.15) is 13.9 Å². The van der Waals surface area contributed by atoms with E-state index < -0.39 is 63.9 Å². The average molecular weight is 580 g/mol. The van der Waals surface area contributed by atoms with Gasteiger partial charge in [0.25, 0.3) is 0 Å². The molecular formula is C20H28N3O13P2+. The number of carbonyl (C=O) groups excluding carboxylic acids is 1. The number of nitrogens with one attached hydrogen (secondary N) is 1. The number of anilines is 1. The van der Waals surface area contributed by atoms with Crippen LogP contribution in [-0.2, 0) is 41.6 Å². The number of carbonyl (C=O) groups is 1. The molecule has 1 aromatic heterocycles. The van der Waals surface area contributed by atoms with E-state index in [0.29, 0.717) is 5.56 Å². The maximum atomic E-state index is 12.9. The van der Waals surface area contributed by atoms with Crippen molar-refractivity contribution in [1.29, 1.82) is 0 Å². The third kappa shape index (κ3) is 7.55. The molecule has 0 spiro atoms. The Bertz CT molecular complexity index is 1300. The molecule has 6 N–H and O–H groups in total. The molecule has 2 heterocycles. The fraction of sp³-hybridized carbons (Fsp3) is 0.450. The van der Waals surface area contributed by atoms with Crippen molar-refractivity contribution in [2.75, 3.05) is 25.1 Å². The molecule has 2 aromatic rings. The lowest BCUT2D eigenvalue weighted by Gasteiger charge is -2.17. The molecule has 3 rings (SSSR count). The Morgan fingerprint density at radius 3 is 2.39 bits per heavy atom. The quantitative estimate of drug-likeness (QED) is 0.0808. The van der Waals surface area contributed by atoms with Crippen molar-refractivity contribution in [3.63, 3.8) is 0 Å². The monoisotopic (exact) mass is 580 g/mol. The number of benzene rings is 1. The second kappa shape index (κ2) is 12.1. The van der Waals surface area contributed by atoms with E-state index in [1.54, 1.807) is 24.3 Å². The summed E-state index contributed by atoms with van der Waals surface area (Å²) in [5.74, 6) is -1.68. The van der Waals surface area contributed by atoms with Gasteiger partial charge >= 0.3 is 26.9 Å². The minimum atomic E-state index is -4.86. The second-order valence-corrected chi connectivity index (χ2v) is 12.3. The van der Waals surface area contributed by atoms with E-state index in [-0.39, 0.29) is 12.4 Å². The number of hydrogen-bond acceptors (Lipinski definition) is 11. The predicted octanol–water partition coefficient (Wildman–Crippen LogP) is -1.04. The Labute approximate surface area is 215 Å². The van der Waals surface area contributed by atoms with Gasteiger partial charge in [-0.25, -0.2) is 10.3 Å². The van der Waals surface area contributed by atoms with Crippen LogP contribution in [0.25, 0.3) is 0 Å². The van der Waals surface area contributed by atoms with Crippen molar-refractivity contribution in [3.8, 4) is 0 Å². The van der Waals surface area contributed by atoms with Crippen LogP contribution in [0.4, 0.5) is 5.82 Å². The number of rotatable bonds is 11. The third-order valence-corrected chi connectivity index (χ3v) is 8.92. The Balaban J connectivity index is 1.63. The molecule has 1 saturated heterocycles. The lowest BCUT2D eigenvalue weighted by molar-refractivity contribution is -0.781.